The van der Waals surface area contributed by atoms with E-state index >= 15 is 0 Å². The van der Waals surface area contributed by atoms with Gasteiger partial charge < -0.3 is 53.1 Å². The van der Waals surface area contributed by atoms with Crippen LogP contribution in [-0.2, 0) is 44.8 Å². The molecule has 6 amide bonds. The SMILES string of the molecule is CC(C)C[C@H](NC(=O)[C@H](CC(N)=O)NC(CCCCCCC=O)CCCCCCCC(=O)N[C@H](C(=O)N[C@@H](CC(C)C)C(=O)N[C@@H](Cc1ccccc1)C(N)=O)[C@H](C)O)C(=O)O. The monoisotopic (exact) mass is 874 g/mol. The highest BCUT2D eigenvalue weighted by Gasteiger charge is 2.32. The Bertz CT molecular complexity index is 1540. The van der Waals surface area contributed by atoms with Gasteiger partial charge in [-0.1, -0.05) is 103 Å². The average Bonchev–Trinajstić information content (AvgIpc) is 3.19. The van der Waals surface area contributed by atoms with E-state index in [2.05, 4.69) is 26.6 Å². The summed E-state index contributed by atoms with van der Waals surface area (Å²) >= 11 is 0. The van der Waals surface area contributed by atoms with Crippen LogP contribution in [0.3, 0.4) is 0 Å². The number of primary amides is 2. The Morgan fingerprint density at radius 1 is 0.645 bits per heavy atom. The summed E-state index contributed by atoms with van der Waals surface area (Å²) in [6, 6.07) is 3.34. The second-order valence-corrected chi connectivity index (χ2v) is 17.2. The number of hydrogen-bond acceptors (Lipinski definition) is 10. The van der Waals surface area contributed by atoms with Gasteiger partial charge in [0, 0.05) is 25.3 Å². The number of unbranched alkanes of at least 4 members (excludes halogenated alkanes) is 8. The van der Waals surface area contributed by atoms with Crippen LogP contribution >= 0.6 is 0 Å². The van der Waals surface area contributed by atoms with E-state index in [4.69, 9.17) is 11.5 Å². The number of carboxylic acid groups (broad SMARTS) is 1. The molecular weight excluding hydrogens is 799 g/mol. The number of aliphatic carboxylic acids is 1. The van der Waals surface area contributed by atoms with Crippen molar-refractivity contribution in [3.8, 4) is 0 Å². The summed E-state index contributed by atoms with van der Waals surface area (Å²) in [6.45, 7) is 8.80. The van der Waals surface area contributed by atoms with Gasteiger partial charge >= 0.3 is 5.97 Å². The number of carboxylic acids is 1. The largest absolute Gasteiger partial charge is 0.480 e. The molecule has 0 bridgehead atoms. The minimum Gasteiger partial charge on any atom is -0.480 e. The van der Waals surface area contributed by atoms with E-state index < -0.39 is 77.7 Å². The maximum atomic E-state index is 13.4. The van der Waals surface area contributed by atoms with Crippen LogP contribution in [0.4, 0.5) is 0 Å². The van der Waals surface area contributed by atoms with Crippen LogP contribution in [0, 0.1) is 11.8 Å². The molecule has 7 atom stereocenters. The number of nitrogens with two attached hydrogens (primary N) is 2. The average molecular weight is 874 g/mol. The quantitative estimate of drug-likeness (QED) is 0.0353. The smallest absolute Gasteiger partial charge is 0.326 e. The van der Waals surface area contributed by atoms with Crippen LogP contribution in [0.15, 0.2) is 30.3 Å². The first-order chi connectivity index (χ1) is 29.3. The van der Waals surface area contributed by atoms with Crippen molar-refractivity contribution in [1.82, 2.24) is 26.6 Å². The fourth-order valence-corrected chi connectivity index (χ4v) is 7.13. The molecular formula is C45H75N7O10. The number of hydrogen-bond donors (Lipinski definition) is 9. The molecule has 350 valence electrons. The van der Waals surface area contributed by atoms with Gasteiger partial charge in [0.2, 0.25) is 35.4 Å². The van der Waals surface area contributed by atoms with E-state index in [0.29, 0.717) is 32.1 Å². The maximum Gasteiger partial charge on any atom is 0.326 e. The Labute approximate surface area is 367 Å². The summed E-state index contributed by atoms with van der Waals surface area (Å²) in [5.41, 5.74) is 11.9. The number of amides is 6. The molecule has 0 aromatic heterocycles. The fraction of sp³-hybridized carbons (Fsp3) is 0.689. The molecule has 0 fully saturated rings. The molecule has 0 radical (unpaired) electrons. The van der Waals surface area contributed by atoms with Crippen molar-refractivity contribution in [3.63, 3.8) is 0 Å². The number of benzene rings is 1. The van der Waals surface area contributed by atoms with Crippen LogP contribution in [0.2, 0.25) is 0 Å². The third kappa shape index (κ3) is 24.5. The number of nitrogens with one attached hydrogen (secondary N) is 5. The molecule has 17 nitrogen and oxygen atoms in total. The predicted octanol–water partition coefficient (Wildman–Crippen LogP) is 2.68. The molecule has 62 heavy (non-hydrogen) atoms. The first-order valence-electron chi connectivity index (χ1n) is 22.3. The van der Waals surface area contributed by atoms with Crippen LogP contribution in [-0.4, -0.2) is 100 Å². The molecule has 1 unspecified atom stereocenters. The number of aliphatic hydroxyl groups is 1. The van der Waals surface area contributed by atoms with Crippen LogP contribution in [0.25, 0.3) is 0 Å². The molecule has 1 aromatic rings. The van der Waals surface area contributed by atoms with Crippen molar-refractivity contribution in [3.05, 3.63) is 35.9 Å². The standard InChI is InChI=1S/C45H75N7O10/c1-29(2)25-35(42(58)49-34(41(47)57)27-32-19-13-12-14-20-32)50-44(60)40(31(5)54)52-39(56)23-17-10-6-8-15-21-33(22-16-9-7-11-18-24-53)48-36(28-38(46)55)43(59)51-37(45(61)62)26-30(3)4/h12-14,19-20,24,29-31,33-37,40,48,54H,6-11,15-18,21-23,25-28H2,1-5H3,(H2,46,55)(H2,47,57)(H,49,58)(H,50,60)(H,51,59)(H,52,56)(H,61,62)/t31-,33?,34-,35-,36-,37-,40-/m0/s1. The molecule has 0 aliphatic rings. The summed E-state index contributed by atoms with van der Waals surface area (Å²) < 4.78 is 0. The molecule has 0 aliphatic heterocycles. The van der Waals surface area contributed by atoms with Gasteiger partial charge in [0.25, 0.3) is 0 Å². The lowest BCUT2D eigenvalue weighted by Crippen LogP contribution is -2.59. The summed E-state index contributed by atoms with van der Waals surface area (Å²) in [7, 11) is 0. The Morgan fingerprint density at radius 3 is 1.69 bits per heavy atom. The van der Waals surface area contributed by atoms with Crippen LogP contribution in [0.5, 0.6) is 0 Å². The normalized spacial score (nSPS) is 14.7. The second-order valence-electron chi connectivity index (χ2n) is 17.2. The van der Waals surface area contributed by atoms with Gasteiger partial charge in [-0.3, -0.25) is 28.8 Å². The van der Waals surface area contributed by atoms with Crippen molar-refractivity contribution in [2.45, 2.75) is 186 Å². The van der Waals surface area contributed by atoms with Gasteiger partial charge in [-0.15, -0.1) is 0 Å². The zero-order chi connectivity index (χ0) is 46.6. The summed E-state index contributed by atoms with van der Waals surface area (Å²) in [6.07, 6.45) is 8.85. The zero-order valence-electron chi connectivity index (χ0n) is 37.5. The van der Waals surface area contributed by atoms with Crippen molar-refractivity contribution in [1.29, 1.82) is 0 Å². The lowest BCUT2D eigenvalue weighted by Gasteiger charge is -2.27. The highest BCUT2D eigenvalue weighted by atomic mass is 16.4. The van der Waals surface area contributed by atoms with Gasteiger partial charge in [-0.2, -0.15) is 0 Å². The zero-order valence-corrected chi connectivity index (χ0v) is 37.5. The molecule has 1 aromatic carbocycles. The van der Waals surface area contributed by atoms with Gasteiger partial charge in [0.15, 0.2) is 0 Å². The highest BCUT2D eigenvalue weighted by molar-refractivity contribution is 5.94. The molecule has 17 heteroatoms. The third-order valence-corrected chi connectivity index (χ3v) is 10.4. The first kappa shape index (κ1) is 55.1. The van der Waals surface area contributed by atoms with Gasteiger partial charge in [0.05, 0.1) is 18.6 Å². The maximum absolute atomic E-state index is 13.4. The number of carbonyl (C=O) groups is 8. The molecule has 0 aliphatic carbocycles. The lowest BCUT2D eigenvalue weighted by molar-refractivity contribution is -0.142. The van der Waals surface area contributed by atoms with E-state index in [-0.39, 0.29) is 50.0 Å². The van der Waals surface area contributed by atoms with Crippen molar-refractivity contribution in [2.75, 3.05) is 0 Å². The first-order valence-corrected chi connectivity index (χ1v) is 22.3. The molecule has 11 N–H and O–H groups in total. The predicted molar refractivity (Wildman–Crippen MR) is 236 cm³/mol. The van der Waals surface area contributed by atoms with Gasteiger partial charge in [-0.25, -0.2) is 4.79 Å². The van der Waals surface area contributed by atoms with Crippen molar-refractivity contribution >= 4 is 47.7 Å². The van der Waals surface area contributed by atoms with E-state index in [1.807, 2.05) is 33.8 Å². The number of rotatable bonds is 35. The summed E-state index contributed by atoms with van der Waals surface area (Å²) in [4.78, 5) is 99.6. The van der Waals surface area contributed by atoms with E-state index in [9.17, 15) is 48.6 Å². The minimum atomic E-state index is -1.33. The summed E-state index contributed by atoms with van der Waals surface area (Å²) in [5, 5.41) is 33.9. The Morgan fingerprint density at radius 2 is 1.16 bits per heavy atom. The van der Waals surface area contributed by atoms with Gasteiger partial charge in [0.1, 0.15) is 30.5 Å². The number of carbonyl (C=O) groups excluding carboxylic acids is 7. The Kier molecular flexibility index (Phi) is 27.6. The fourth-order valence-electron chi connectivity index (χ4n) is 7.13. The minimum absolute atomic E-state index is 0.0127. The molecule has 0 heterocycles. The van der Waals surface area contributed by atoms with E-state index in [0.717, 1.165) is 56.8 Å². The summed E-state index contributed by atoms with van der Waals surface area (Å²) in [5.74, 6) is -5.01. The van der Waals surface area contributed by atoms with Crippen molar-refractivity contribution in [2.24, 2.45) is 23.3 Å². The molecule has 1 rings (SSSR count). The Hall–Kier alpha value is -4.90. The topological polar surface area (TPSA) is 289 Å². The molecule has 0 saturated carbocycles. The number of aldehydes is 1. The number of aliphatic hydroxyl groups excluding tert-OH is 1. The van der Waals surface area contributed by atoms with Crippen LogP contribution in [0.1, 0.15) is 143 Å². The van der Waals surface area contributed by atoms with Crippen LogP contribution < -0.4 is 38.1 Å². The van der Waals surface area contributed by atoms with Gasteiger partial charge in [-0.05, 0) is 62.8 Å². The third-order valence-electron chi connectivity index (χ3n) is 10.4. The van der Waals surface area contributed by atoms with E-state index in [1.54, 1.807) is 24.3 Å². The second kappa shape index (κ2) is 31.0. The van der Waals surface area contributed by atoms with Crippen molar-refractivity contribution < 1.29 is 48.6 Å². The molecule has 0 saturated heterocycles. The Balaban J connectivity index is 2.78. The lowest BCUT2D eigenvalue weighted by atomic mass is 9.98. The van der Waals surface area contributed by atoms with E-state index in [1.165, 1.54) is 6.92 Å². The highest BCUT2D eigenvalue weighted by Crippen LogP contribution is 2.16. The molecule has 0 spiro atoms.